The number of nitrogens with one attached hydrogen (secondary N) is 1. The molecule has 2 aliphatic heterocycles. The fraction of sp³-hybridized carbons (Fsp3) is 0.400. The lowest BCUT2D eigenvalue weighted by Crippen LogP contribution is -2.39. The summed E-state index contributed by atoms with van der Waals surface area (Å²) < 4.78 is 28.7. The number of rotatable bonds is 7. The Morgan fingerprint density at radius 1 is 0.923 bits per heavy atom. The van der Waals surface area contributed by atoms with Crippen LogP contribution in [-0.2, 0) is 0 Å². The van der Waals surface area contributed by atoms with Crippen molar-refractivity contribution < 1.29 is 23.7 Å². The molecule has 0 saturated heterocycles. The topological polar surface area (TPSA) is 58.2 Å². The van der Waals surface area contributed by atoms with E-state index in [4.69, 9.17) is 23.7 Å². The van der Waals surface area contributed by atoms with Gasteiger partial charge in [0.25, 0.3) is 0 Å². The van der Waals surface area contributed by atoms with Gasteiger partial charge in [-0.05, 0) is 37.2 Å². The standard InChI is InChI=1S/C20H23NO5/c1-2-6-17-16(5-1)25-14-15(26-17)13-21-9-4-10-22-18-7-3-8-19-20(18)24-12-11-23-19/h1-3,5-8,15,21H,4,9-14H2. The van der Waals surface area contributed by atoms with Crippen molar-refractivity contribution in [3.63, 3.8) is 0 Å². The Balaban J connectivity index is 1.16. The Hall–Kier alpha value is -2.60. The highest BCUT2D eigenvalue weighted by molar-refractivity contribution is 5.51. The molecule has 2 aromatic rings. The van der Waals surface area contributed by atoms with Gasteiger partial charge in [-0.1, -0.05) is 18.2 Å². The fourth-order valence-corrected chi connectivity index (χ4v) is 2.97. The molecular formula is C20H23NO5. The molecule has 0 aliphatic carbocycles. The van der Waals surface area contributed by atoms with Gasteiger partial charge in [0.2, 0.25) is 5.75 Å². The lowest BCUT2D eigenvalue weighted by Gasteiger charge is -2.26. The van der Waals surface area contributed by atoms with E-state index in [0.29, 0.717) is 32.2 Å². The summed E-state index contributed by atoms with van der Waals surface area (Å²) in [4.78, 5) is 0. The molecule has 6 heteroatoms. The molecule has 1 unspecified atom stereocenters. The first kappa shape index (κ1) is 16.8. The Morgan fingerprint density at radius 2 is 1.77 bits per heavy atom. The van der Waals surface area contributed by atoms with Crippen LogP contribution in [0.3, 0.4) is 0 Å². The minimum Gasteiger partial charge on any atom is -0.489 e. The molecule has 1 atom stereocenters. The third-order valence-corrected chi connectivity index (χ3v) is 4.23. The van der Waals surface area contributed by atoms with E-state index in [-0.39, 0.29) is 6.10 Å². The summed E-state index contributed by atoms with van der Waals surface area (Å²) in [7, 11) is 0. The van der Waals surface area contributed by atoms with Crippen molar-refractivity contribution in [2.45, 2.75) is 12.5 Å². The number of fused-ring (bicyclic) bond motifs is 2. The van der Waals surface area contributed by atoms with Crippen LogP contribution < -0.4 is 29.0 Å². The lowest BCUT2D eigenvalue weighted by molar-refractivity contribution is 0.0902. The molecule has 26 heavy (non-hydrogen) atoms. The first-order valence-electron chi connectivity index (χ1n) is 9.01. The van der Waals surface area contributed by atoms with Crippen LogP contribution in [0.4, 0.5) is 0 Å². The maximum atomic E-state index is 5.92. The molecule has 1 N–H and O–H groups in total. The Bertz CT molecular complexity index is 736. The summed E-state index contributed by atoms with van der Waals surface area (Å²) in [5.74, 6) is 3.82. The van der Waals surface area contributed by atoms with E-state index in [1.54, 1.807) is 0 Å². The van der Waals surface area contributed by atoms with Crippen LogP contribution in [-0.4, -0.2) is 45.6 Å². The van der Waals surface area contributed by atoms with Crippen molar-refractivity contribution in [1.29, 1.82) is 0 Å². The second-order valence-corrected chi connectivity index (χ2v) is 6.18. The van der Waals surface area contributed by atoms with Crippen molar-refractivity contribution in [1.82, 2.24) is 5.32 Å². The minimum absolute atomic E-state index is 0.0255. The normalized spacial score (nSPS) is 17.6. The van der Waals surface area contributed by atoms with Crippen LogP contribution in [0.2, 0.25) is 0 Å². The van der Waals surface area contributed by atoms with Crippen LogP contribution in [0, 0.1) is 0 Å². The van der Waals surface area contributed by atoms with Crippen molar-refractivity contribution in [3.05, 3.63) is 42.5 Å². The SMILES string of the molecule is c1ccc2c(c1)OCC(CNCCCOc1cccc3c1OCCO3)O2. The molecule has 0 saturated carbocycles. The third-order valence-electron chi connectivity index (χ3n) is 4.23. The molecule has 0 bridgehead atoms. The van der Waals surface area contributed by atoms with Crippen LogP contribution in [0.1, 0.15) is 6.42 Å². The number of hydrogen-bond donors (Lipinski definition) is 1. The molecule has 138 valence electrons. The van der Waals surface area contributed by atoms with E-state index in [9.17, 15) is 0 Å². The van der Waals surface area contributed by atoms with E-state index < -0.39 is 0 Å². The zero-order chi connectivity index (χ0) is 17.6. The van der Waals surface area contributed by atoms with Gasteiger partial charge in [0.05, 0.1) is 6.61 Å². The Kier molecular flexibility index (Phi) is 5.30. The van der Waals surface area contributed by atoms with Gasteiger partial charge in [-0.2, -0.15) is 0 Å². The van der Waals surface area contributed by atoms with E-state index in [0.717, 1.165) is 42.5 Å². The zero-order valence-corrected chi connectivity index (χ0v) is 14.6. The fourth-order valence-electron chi connectivity index (χ4n) is 2.97. The summed E-state index contributed by atoms with van der Waals surface area (Å²) in [5.41, 5.74) is 0. The molecule has 2 aliphatic rings. The summed E-state index contributed by atoms with van der Waals surface area (Å²) in [5, 5.41) is 3.39. The minimum atomic E-state index is 0.0255. The highest BCUT2D eigenvalue weighted by Gasteiger charge is 2.20. The number of para-hydroxylation sites is 3. The average Bonchev–Trinajstić information content (AvgIpc) is 2.70. The van der Waals surface area contributed by atoms with Gasteiger partial charge >= 0.3 is 0 Å². The first-order chi connectivity index (χ1) is 12.9. The van der Waals surface area contributed by atoms with Gasteiger partial charge < -0.3 is 29.0 Å². The molecule has 0 spiro atoms. The molecule has 0 radical (unpaired) electrons. The molecule has 2 heterocycles. The number of benzene rings is 2. The van der Waals surface area contributed by atoms with E-state index in [1.165, 1.54) is 0 Å². The van der Waals surface area contributed by atoms with Crippen LogP contribution in [0.5, 0.6) is 28.7 Å². The van der Waals surface area contributed by atoms with Crippen LogP contribution >= 0.6 is 0 Å². The van der Waals surface area contributed by atoms with Gasteiger partial charge in [0.15, 0.2) is 23.0 Å². The van der Waals surface area contributed by atoms with Gasteiger partial charge in [0, 0.05) is 6.54 Å². The van der Waals surface area contributed by atoms with Crippen molar-refractivity contribution >= 4 is 0 Å². The molecule has 0 amide bonds. The molecule has 2 aromatic carbocycles. The summed E-state index contributed by atoms with van der Waals surface area (Å²) in [6.07, 6.45) is 0.909. The molecule has 6 nitrogen and oxygen atoms in total. The highest BCUT2D eigenvalue weighted by Crippen LogP contribution is 2.38. The second-order valence-electron chi connectivity index (χ2n) is 6.18. The maximum absolute atomic E-state index is 5.92. The molecule has 0 aromatic heterocycles. The van der Waals surface area contributed by atoms with Crippen LogP contribution in [0.25, 0.3) is 0 Å². The van der Waals surface area contributed by atoms with Crippen molar-refractivity contribution in [2.75, 3.05) is 39.5 Å². The summed E-state index contributed by atoms with van der Waals surface area (Å²) >= 11 is 0. The van der Waals surface area contributed by atoms with Crippen molar-refractivity contribution in [2.24, 2.45) is 0 Å². The van der Waals surface area contributed by atoms with E-state index >= 15 is 0 Å². The Labute approximate surface area is 153 Å². The van der Waals surface area contributed by atoms with E-state index in [2.05, 4.69) is 5.32 Å². The third kappa shape index (κ3) is 3.96. The van der Waals surface area contributed by atoms with Gasteiger partial charge in [-0.3, -0.25) is 0 Å². The smallest absolute Gasteiger partial charge is 0.203 e. The molecular weight excluding hydrogens is 334 g/mol. The first-order valence-corrected chi connectivity index (χ1v) is 9.01. The number of ether oxygens (including phenoxy) is 5. The second kappa shape index (κ2) is 8.19. The van der Waals surface area contributed by atoms with Gasteiger partial charge in [-0.15, -0.1) is 0 Å². The summed E-state index contributed by atoms with van der Waals surface area (Å²) in [6.45, 7) is 3.89. The quantitative estimate of drug-likeness (QED) is 0.769. The Morgan fingerprint density at radius 3 is 2.73 bits per heavy atom. The highest BCUT2D eigenvalue weighted by atomic mass is 16.6. The molecule has 4 rings (SSSR count). The van der Waals surface area contributed by atoms with Gasteiger partial charge in [0.1, 0.15) is 25.9 Å². The molecule has 0 fully saturated rings. The number of hydrogen-bond acceptors (Lipinski definition) is 6. The predicted octanol–water partition coefficient (Wildman–Crippen LogP) is 2.66. The predicted molar refractivity (Wildman–Crippen MR) is 96.8 cm³/mol. The largest absolute Gasteiger partial charge is 0.489 e. The average molecular weight is 357 g/mol. The summed E-state index contributed by atoms with van der Waals surface area (Å²) in [6, 6.07) is 13.5. The maximum Gasteiger partial charge on any atom is 0.203 e. The lowest BCUT2D eigenvalue weighted by atomic mass is 10.2. The monoisotopic (exact) mass is 357 g/mol. The van der Waals surface area contributed by atoms with Crippen LogP contribution in [0.15, 0.2) is 42.5 Å². The zero-order valence-electron chi connectivity index (χ0n) is 14.6. The van der Waals surface area contributed by atoms with Crippen molar-refractivity contribution in [3.8, 4) is 28.7 Å². The van der Waals surface area contributed by atoms with E-state index in [1.807, 2.05) is 42.5 Å². The van der Waals surface area contributed by atoms with Gasteiger partial charge in [-0.25, -0.2) is 0 Å².